The highest BCUT2D eigenvalue weighted by molar-refractivity contribution is 5.68. The van der Waals surface area contributed by atoms with Crippen molar-refractivity contribution in [3.8, 4) is 0 Å². The Morgan fingerprint density at radius 2 is 2.30 bits per heavy atom. The number of hydrogen-bond donors (Lipinski definition) is 1. The second kappa shape index (κ2) is 6.13. The van der Waals surface area contributed by atoms with Crippen LogP contribution in [-0.2, 0) is 4.74 Å². The highest BCUT2D eigenvalue weighted by atomic mass is 16.5. The number of alkyl carbamates (subject to hydrolysis) is 1. The van der Waals surface area contributed by atoms with E-state index in [-0.39, 0.29) is 0 Å². The van der Waals surface area contributed by atoms with Gasteiger partial charge >= 0.3 is 6.09 Å². The molecule has 0 heterocycles. The van der Waals surface area contributed by atoms with Crippen molar-refractivity contribution in [2.75, 3.05) is 6.61 Å². The summed E-state index contributed by atoms with van der Waals surface area (Å²) in [5, 5.41) is 2.44. The van der Waals surface area contributed by atoms with E-state index in [1.54, 1.807) is 13.1 Å². The largest absolute Gasteiger partial charge is 0.450 e. The second-order valence-electron chi connectivity index (χ2n) is 1.68. The normalized spacial score (nSPS) is 9.80. The van der Waals surface area contributed by atoms with Crippen molar-refractivity contribution in [2.45, 2.75) is 20.3 Å². The Balaban J connectivity index is 3.30. The average molecular weight is 143 g/mol. The molecule has 0 aromatic carbocycles. The fraction of sp³-hybridized carbons (Fsp3) is 0.571. The molecule has 0 rings (SSSR count). The lowest BCUT2D eigenvalue weighted by Crippen LogP contribution is -2.17. The minimum atomic E-state index is -0.396. The van der Waals surface area contributed by atoms with E-state index in [4.69, 9.17) is 0 Å². The molecule has 0 aliphatic carbocycles. The maximum atomic E-state index is 10.5. The number of hydrogen-bond acceptors (Lipinski definition) is 2. The fourth-order valence-electron chi connectivity index (χ4n) is 0.418. The Morgan fingerprint density at radius 3 is 2.80 bits per heavy atom. The van der Waals surface area contributed by atoms with E-state index in [9.17, 15) is 4.79 Å². The first-order valence-electron chi connectivity index (χ1n) is 3.39. The molecule has 0 aromatic rings. The molecule has 0 unspecified atom stereocenters. The van der Waals surface area contributed by atoms with Gasteiger partial charge in [-0.3, -0.25) is 5.32 Å². The van der Waals surface area contributed by atoms with Gasteiger partial charge in [0.25, 0.3) is 0 Å². The van der Waals surface area contributed by atoms with Gasteiger partial charge in [0.2, 0.25) is 0 Å². The highest BCUT2D eigenvalue weighted by Gasteiger charge is 1.92. The molecular formula is C7H13NO2. The molecule has 1 amide bonds. The van der Waals surface area contributed by atoms with Crippen LogP contribution in [0.15, 0.2) is 12.3 Å². The van der Waals surface area contributed by atoms with Gasteiger partial charge in [-0.15, -0.1) is 0 Å². The van der Waals surface area contributed by atoms with Crippen LogP contribution in [0.1, 0.15) is 20.3 Å². The van der Waals surface area contributed by atoms with E-state index in [0.29, 0.717) is 6.61 Å². The molecule has 0 atom stereocenters. The monoisotopic (exact) mass is 143 g/mol. The van der Waals surface area contributed by atoms with Gasteiger partial charge in [0.15, 0.2) is 0 Å². The van der Waals surface area contributed by atoms with Crippen LogP contribution in [0.25, 0.3) is 0 Å². The molecule has 58 valence electrons. The topological polar surface area (TPSA) is 38.3 Å². The van der Waals surface area contributed by atoms with Crippen LogP contribution in [0.4, 0.5) is 4.79 Å². The van der Waals surface area contributed by atoms with Gasteiger partial charge in [0.05, 0.1) is 6.61 Å². The maximum Gasteiger partial charge on any atom is 0.411 e. The van der Waals surface area contributed by atoms with Gasteiger partial charge in [-0.2, -0.15) is 0 Å². The molecule has 0 aliphatic rings. The average Bonchev–Trinajstić information content (AvgIpc) is 1.89. The molecule has 0 radical (unpaired) electrons. The third-order valence-electron chi connectivity index (χ3n) is 0.830. The summed E-state index contributed by atoms with van der Waals surface area (Å²) in [6, 6.07) is 0. The Labute approximate surface area is 61.1 Å². The van der Waals surface area contributed by atoms with Gasteiger partial charge < -0.3 is 4.74 Å². The zero-order valence-corrected chi connectivity index (χ0v) is 6.39. The Hall–Kier alpha value is -0.990. The lowest BCUT2D eigenvalue weighted by Gasteiger charge is -1.97. The van der Waals surface area contributed by atoms with Gasteiger partial charge in [0, 0.05) is 6.20 Å². The smallest absolute Gasteiger partial charge is 0.411 e. The van der Waals surface area contributed by atoms with Crippen LogP contribution >= 0.6 is 0 Å². The molecule has 10 heavy (non-hydrogen) atoms. The Morgan fingerprint density at radius 1 is 1.60 bits per heavy atom. The van der Waals surface area contributed by atoms with E-state index in [0.717, 1.165) is 6.42 Å². The van der Waals surface area contributed by atoms with E-state index in [2.05, 4.69) is 10.1 Å². The SMILES string of the molecule is CC/C=C/NC(=O)OCC. The van der Waals surface area contributed by atoms with Crippen LogP contribution in [-0.4, -0.2) is 12.7 Å². The summed E-state index contributed by atoms with van der Waals surface area (Å²) < 4.78 is 4.59. The van der Waals surface area contributed by atoms with Crippen molar-refractivity contribution in [3.05, 3.63) is 12.3 Å². The molecule has 0 saturated carbocycles. The van der Waals surface area contributed by atoms with Crippen molar-refractivity contribution < 1.29 is 9.53 Å². The van der Waals surface area contributed by atoms with Crippen LogP contribution in [0.5, 0.6) is 0 Å². The first kappa shape index (κ1) is 9.01. The van der Waals surface area contributed by atoms with Gasteiger partial charge in [-0.25, -0.2) is 4.79 Å². The summed E-state index contributed by atoms with van der Waals surface area (Å²) in [5.41, 5.74) is 0. The summed E-state index contributed by atoms with van der Waals surface area (Å²) >= 11 is 0. The molecule has 0 bridgehead atoms. The molecule has 0 aromatic heterocycles. The lowest BCUT2D eigenvalue weighted by atomic mass is 10.5. The number of allylic oxidation sites excluding steroid dienone is 1. The van der Waals surface area contributed by atoms with Crippen molar-refractivity contribution in [2.24, 2.45) is 0 Å². The minimum Gasteiger partial charge on any atom is -0.450 e. The van der Waals surface area contributed by atoms with E-state index in [1.165, 1.54) is 0 Å². The Bertz CT molecular complexity index is 121. The summed E-state index contributed by atoms with van der Waals surface area (Å²) in [6.45, 7) is 4.16. The van der Waals surface area contributed by atoms with Gasteiger partial charge in [-0.05, 0) is 13.3 Å². The number of amides is 1. The molecule has 0 saturated heterocycles. The van der Waals surface area contributed by atoms with Crippen LogP contribution < -0.4 is 5.32 Å². The molecule has 0 aliphatic heterocycles. The lowest BCUT2D eigenvalue weighted by molar-refractivity contribution is 0.156. The van der Waals surface area contributed by atoms with Crippen molar-refractivity contribution in [3.63, 3.8) is 0 Å². The van der Waals surface area contributed by atoms with Crippen LogP contribution in [0.2, 0.25) is 0 Å². The first-order valence-corrected chi connectivity index (χ1v) is 3.39. The Kier molecular flexibility index (Phi) is 5.53. The van der Waals surface area contributed by atoms with E-state index >= 15 is 0 Å². The molecule has 0 fully saturated rings. The minimum absolute atomic E-state index is 0.396. The summed E-state index contributed by atoms with van der Waals surface area (Å²) in [5.74, 6) is 0. The zero-order valence-electron chi connectivity index (χ0n) is 6.39. The summed E-state index contributed by atoms with van der Waals surface area (Å²) in [7, 11) is 0. The van der Waals surface area contributed by atoms with E-state index in [1.807, 2.05) is 13.0 Å². The number of nitrogens with one attached hydrogen (secondary N) is 1. The predicted molar refractivity (Wildman–Crippen MR) is 39.6 cm³/mol. The van der Waals surface area contributed by atoms with Gasteiger partial charge in [0.1, 0.15) is 0 Å². The molecular weight excluding hydrogens is 130 g/mol. The summed E-state index contributed by atoms with van der Waals surface area (Å²) in [4.78, 5) is 10.5. The molecule has 0 spiro atoms. The van der Waals surface area contributed by atoms with Gasteiger partial charge in [-0.1, -0.05) is 13.0 Å². The number of carbonyl (C=O) groups excluding carboxylic acids is 1. The van der Waals surface area contributed by atoms with Crippen molar-refractivity contribution in [1.29, 1.82) is 0 Å². The molecule has 3 heteroatoms. The molecule has 1 N–H and O–H groups in total. The third kappa shape index (κ3) is 5.15. The predicted octanol–water partition coefficient (Wildman–Crippen LogP) is 1.66. The summed E-state index contributed by atoms with van der Waals surface area (Å²) in [6.07, 6.45) is 3.94. The number of carbonyl (C=O) groups is 1. The highest BCUT2D eigenvalue weighted by Crippen LogP contribution is 1.78. The van der Waals surface area contributed by atoms with E-state index < -0.39 is 6.09 Å². The second-order valence-corrected chi connectivity index (χ2v) is 1.68. The first-order chi connectivity index (χ1) is 4.81. The quantitative estimate of drug-likeness (QED) is 0.652. The zero-order chi connectivity index (χ0) is 7.82. The van der Waals surface area contributed by atoms with Crippen LogP contribution in [0.3, 0.4) is 0 Å². The standard InChI is InChI=1S/C7H13NO2/c1-3-5-6-8-7(9)10-4-2/h5-6H,3-4H2,1-2H3,(H,8,9)/b6-5+. The third-order valence-corrected chi connectivity index (χ3v) is 0.830. The van der Waals surface area contributed by atoms with Crippen LogP contribution in [0, 0.1) is 0 Å². The maximum absolute atomic E-state index is 10.5. The fourth-order valence-corrected chi connectivity index (χ4v) is 0.418. The van der Waals surface area contributed by atoms with Crippen molar-refractivity contribution in [1.82, 2.24) is 5.32 Å². The van der Waals surface area contributed by atoms with Crippen molar-refractivity contribution >= 4 is 6.09 Å². The number of rotatable bonds is 3. The number of ether oxygens (including phenoxy) is 1. The molecule has 3 nitrogen and oxygen atoms in total.